The highest BCUT2D eigenvalue weighted by Gasteiger charge is 2.20. The molecule has 0 radical (unpaired) electrons. The molecule has 7 nitrogen and oxygen atoms in total. The van der Waals surface area contributed by atoms with Crippen molar-refractivity contribution in [3.05, 3.63) is 78.3 Å². The van der Waals surface area contributed by atoms with E-state index in [-0.39, 0.29) is 18.4 Å². The van der Waals surface area contributed by atoms with Crippen LogP contribution in [0.25, 0.3) is 0 Å². The molecule has 1 aromatic carbocycles. The fourth-order valence-corrected chi connectivity index (χ4v) is 2.47. The van der Waals surface area contributed by atoms with Crippen molar-refractivity contribution in [2.45, 2.75) is 6.04 Å². The Morgan fingerprint density at radius 3 is 2.68 bits per heavy atom. The third-order valence-electron chi connectivity index (χ3n) is 3.75. The fraction of sp³-hybridized carbons (Fsp3) is 0.167. The predicted molar refractivity (Wildman–Crippen MR) is 90.7 cm³/mol. The van der Waals surface area contributed by atoms with Gasteiger partial charge in [0.2, 0.25) is 5.91 Å². The highest BCUT2D eigenvalue weighted by molar-refractivity contribution is 5.96. The molecule has 2 aromatic heterocycles. The number of imidazole rings is 1. The molecule has 0 bridgehead atoms. The Kier molecular flexibility index (Phi) is 4.94. The lowest BCUT2D eigenvalue weighted by molar-refractivity contribution is -0.120. The summed E-state index contributed by atoms with van der Waals surface area (Å²) in [7, 11) is 1.87. The van der Waals surface area contributed by atoms with Crippen LogP contribution in [0.1, 0.15) is 27.8 Å². The summed E-state index contributed by atoms with van der Waals surface area (Å²) in [5.74, 6) is 0.0339. The van der Waals surface area contributed by atoms with Gasteiger partial charge in [-0.1, -0.05) is 30.3 Å². The first-order valence-corrected chi connectivity index (χ1v) is 7.77. The van der Waals surface area contributed by atoms with Gasteiger partial charge in [0.25, 0.3) is 5.91 Å². The highest BCUT2D eigenvalue weighted by atomic mass is 16.3. The van der Waals surface area contributed by atoms with E-state index in [4.69, 9.17) is 4.42 Å². The van der Waals surface area contributed by atoms with E-state index in [2.05, 4.69) is 15.6 Å². The van der Waals surface area contributed by atoms with E-state index in [1.54, 1.807) is 6.20 Å². The largest absolute Gasteiger partial charge is 0.472 e. The molecule has 3 rings (SSSR count). The summed E-state index contributed by atoms with van der Waals surface area (Å²) in [5.41, 5.74) is 1.28. The Labute approximate surface area is 144 Å². The van der Waals surface area contributed by atoms with E-state index in [0.29, 0.717) is 11.4 Å². The van der Waals surface area contributed by atoms with Gasteiger partial charge in [0.05, 0.1) is 18.4 Å². The Bertz CT molecular complexity index is 840. The maximum absolute atomic E-state index is 12.3. The number of rotatable bonds is 6. The average molecular weight is 338 g/mol. The lowest BCUT2D eigenvalue weighted by Crippen LogP contribution is -2.39. The molecule has 1 atom stereocenters. The van der Waals surface area contributed by atoms with Crippen molar-refractivity contribution in [3.63, 3.8) is 0 Å². The summed E-state index contributed by atoms with van der Waals surface area (Å²) in [5, 5.41) is 5.48. The molecule has 7 heteroatoms. The van der Waals surface area contributed by atoms with Gasteiger partial charge in [-0.15, -0.1) is 0 Å². The lowest BCUT2D eigenvalue weighted by atomic mass is 10.1. The molecule has 2 heterocycles. The lowest BCUT2D eigenvalue weighted by Gasteiger charge is -2.19. The third-order valence-corrected chi connectivity index (χ3v) is 3.75. The van der Waals surface area contributed by atoms with Crippen LogP contribution in [-0.2, 0) is 11.8 Å². The summed E-state index contributed by atoms with van der Waals surface area (Å²) in [4.78, 5) is 28.5. The monoisotopic (exact) mass is 338 g/mol. The molecule has 0 spiro atoms. The zero-order valence-electron chi connectivity index (χ0n) is 13.7. The molecule has 25 heavy (non-hydrogen) atoms. The second-order valence-corrected chi connectivity index (χ2v) is 5.50. The number of nitrogens with one attached hydrogen (secondary N) is 2. The standard InChI is InChI=1S/C18H18N4O3/c1-22-9-8-19-17(22)16(13-5-3-2-4-6-13)21-15(23)11-20-18(24)14-7-10-25-12-14/h2-10,12,16H,11H2,1H3,(H,20,24)(H,21,23). The summed E-state index contributed by atoms with van der Waals surface area (Å²) >= 11 is 0. The number of nitrogens with zero attached hydrogens (tertiary/aromatic N) is 2. The molecule has 128 valence electrons. The van der Waals surface area contributed by atoms with E-state index in [0.717, 1.165) is 5.56 Å². The van der Waals surface area contributed by atoms with E-state index in [9.17, 15) is 9.59 Å². The Hall–Kier alpha value is -3.35. The van der Waals surface area contributed by atoms with Crippen molar-refractivity contribution in [2.24, 2.45) is 7.05 Å². The number of carbonyl (C=O) groups excluding carboxylic acids is 2. The Morgan fingerprint density at radius 2 is 2.04 bits per heavy atom. The molecular weight excluding hydrogens is 320 g/mol. The van der Waals surface area contributed by atoms with Crippen LogP contribution in [0.5, 0.6) is 0 Å². The third kappa shape index (κ3) is 3.95. The minimum absolute atomic E-state index is 0.141. The van der Waals surface area contributed by atoms with Crippen LogP contribution >= 0.6 is 0 Å². The van der Waals surface area contributed by atoms with E-state index in [1.807, 2.05) is 48.1 Å². The quantitative estimate of drug-likeness (QED) is 0.715. The number of hydrogen-bond acceptors (Lipinski definition) is 4. The van der Waals surface area contributed by atoms with Crippen LogP contribution in [0.3, 0.4) is 0 Å². The number of benzene rings is 1. The van der Waals surface area contributed by atoms with Crippen LogP contribution in [0.15, 0.2) is 65.7 Å². The molecule has 0 fully saturated rings. The van der Waals surface area contributed by atoms with Gasteiger partial charge in [0.15, 0.2) is 0 Å². The number of furan rings is 1. The molecule has 3 aromatic rings. The number of amides is 2. The normalized spacial score (nSPS) is 11.7. The van der Waals surface area contributed by atoms with Crippen LogP contribution in [0.2, 0.25) is 0 Å². The molecular formula is C18H18N4O3. The first-order chi connectivity index (χ1) is 12.1. The summed E-state index contributed by atoms with van der Waals surface area (Å²) in [6, 6.07) is 10.7. The molecule has 0 saturated heterocycles. The molecule has 1 unspecified atom stereocenters. The van der Waals surface area contributed by atoms with Gasteiger partial charge in [-0.25, -0.2) is 4.98 Å². The SMILES string of the molecule is Cn1ccnc1C(NC(=O)CNC(=O)c1ccoc1)c1ccccc1. The van der Waals surface area contributed by atoms with Crippen molar-refractivity contribution < 1.29 is 14.0 Å². The summed E-state index contributed by atoms with van der Waals surface area (Å²) in [6.07, 6.45) is 6.23. The predicted octanol–water partition coefficient (Wildman–Crippen LogP) is 1.65. The van der Waals surface area contributed by atoms with Crippen LogP contribution in [0.4, 0.5) is 0 Å². The second-order valence-electron chi connectivity index (χ2n) is 5.50. The van der Waals surface area contributed by atoms with E-state index in [1.165, 1.54) is 18.6 Å². The van der Waals surface area contributed by atoms with Crippen LogP contribution in [-0.4, -0.2) is 27.9 Å². The van der Waals surface area contributed by atoms with Gasteiger partial charge in [0.1, 0.15) is 18.1 Å². The van der Waals surface area contributed by atoms with Gasteiger partial charge < -0.3 is 19.6 Å². The molecule has 0 saturated carbocycles. The Morgan fingerprint density at radius 1 is 1.24 bits per heavy atom. The molecule has 2 N–H and O–H groups in total. The number of carbonyl (C=O) groups is 2. The van der Waals surface area contributed by atoms with E-state index >= 15 is 0 Å². The first kappa shape index (κ1) is 16.5. The minimum atomic E-state index is -0.403. The molecule has 2 amide bonds. The molecule has 0 aliphatic carbocycles. The number of hydrogen-bond donors (Lipinski definition) is 2. The smallest absolute Gasteiger partial charge is 0.254 e. The minimum Gasteiger partial charge on any atom is -0.472 e. The topological polar surface area (TPSA) is 89.2 Å². The fourth-order valence-electron chi connectivity index (χ4n) is 2.47. The number of aromatic nitrogens is 2. The first-order valence-electron chi connectivity index (χ1n) is 7.77. The zero-order valence-corrected chi connectivity index (χ0v) is 13.7. The Balaban J connectivity index is 1.69. The van der Waals surface area contributed by atoms with Gasteiger partial charge in [-0.3, -0.25) is 9.59 Å². The summed E-state index contributed by atoms with van der Waals surface area (Å²) < 4.78 is 6.70. The van der Waals surface area contributed by atoms with Crippen molar-refractivity contribution in [2.75, 3.05) is 6.54 Å². The van der Waals surface area contributed by atoms with Crippen molar-refractivity contribution in [3.8, 4) is 0 Å². The van der Waals surface area contributed by atoms with Crippen LogP contribution in [0, 0.1) is 0 Å². The van der Waals surface area contributed by atoms with Gasteiger partial charge in [-0.2, -0.15) is 0 Å². The summed E-state index contributed by atoms with van der Waals surface area (Å²) in [6.45, 7) is -0.141. The average Bonchev–Trinajstić information content (AvgIpc) is 3.30. The number of aryl methyl sites for hydroxylation is 1. The highest BCUT2D eigenvalue weighted by Crippen LogP contribution is 2.19. The second kappa shape index (κ2) is 7.48. The molecule has 0 aliphatic rings. The maximum Gasteiger partial charge on any atom is 0.254 e. The van der Waals surface area contributed by atoms with Gasteiger partial charge >= 0.3 is 0 Å². The maximum atomic E-state index is 12.3. The van der Waals surface area contributed by atoms with Crippen molar-refractivity contribution >= 4 is 11.8 Å². The zero-order chi connectivity index (χ0) is 17.6. The van der Waals surface area contributed by atoms with Crippen molar-refractivity contribution in [1.82, 2.24) is 20.2 Å². The van der Waals surface area contributed by atoms with Gasteiger partial charge in [-0.05, 0) is 11.6 Å². The van der Waals surface area contributed by atoms with Gasteiger partial charge in [0, 0.05) is 19.4 Å². The molecule has 0 aliphatic heterocycles. The van der Waals surface area contributed by atoms with Crippen LogP contribution < -0.4 is 10.6 Å². The van der Waals surface area contributed by atoms with E-state index < -0.39 is 6.04 Å². The van der Waals surface area contributed by atoms with Crippen molar-refractivity contribution in [1.29, 1.82) is 0 Å².